The maximum atomic E-state index is 12.2. The number of hydrazone groups is 1. The quantitative estimate of drug-likeness (QED) is 0.505. The fourth-order valence-electron chi connectivity index (χ4n) is 3.05. The molecule has 0 unspecified atom stereocenters. The van der Waals surface area contributed by atoms with Gasteiger partial charge in [0.15, 0.2) is 5.13 Å². The Hall–Kier alpha value is -2.45. The van der Waals surface area contributed by atoms with Gasteiger partial charge in [0.25, 0.3) is 5.91 Å². The van der Waals surface area contributed by atoms with E-state index in [0.717, 1.165) is 33.7 Å². The second-order valence-electron chi connectivity index (χ2n) is 6.32. The SMILES string of the molecule is Cc1occc1C(=O)NN=Cc1sc(N2CCCCC2)nc1-c1cccs1. The molecule has 8 heteroatoms. The van der Waals surface area contributed by atoms with Gasteiger partial charge in [-0.3, -0.25) is 4.79 Å². The summed E-state index contributed by atoms with van der Waals surface area (Å²) >= 11 is 3.27. The van der Waals surface area contributed by atoms with E-state index < -0.39 is 0 Å². The van der Waals surface area contributed by atoms with Crippen molar-refractivity contribution in [1.82, 2.24) is 10.4 Å². The van der Waals surface area contributed by atoms with Crippen LogP contribution in [0, 0.1) is 6.92 Å². The average Bonchev–Trinajstić information content (AvgIpc) is 3.42. The highest BCUT2D eigenvalue weighted by Gasteiger charge is 2.19. The fraction of sp³-hybridized carbons (Fsp3) is 0.316. The summed E-state index contributed by atoms with van der Waals surface area (Å²) in [6, 6.07) is 5.72. The number of furan rings is 1. The lowest BCUT2D eigenvalue weighted by Gasteiger charge is -2.25. The van der Waals surface area contributed by atoms with Gasteiger partial charge >= 0.3 is 0 Å². The zero-order valence-corrected chi connectivity index (χ0v) is 16.6. The molecular formula is C19H20N4O2S2. The first kappa shape index (κ1) is 17.9. The van der Waals surface area contributed by atoms with Crippen molar-refractivity contribution in [2.45, 2.75) is 26.2 Å². The first-order valence-corrected chi connectivity index (χ1v) is 10.6. The predicted molar refractivity (Wildman–Crippen MR) is 110 cm³/mol. The van der Waals surface area contributed by atoms with Crippen molar-refractivity contribution >= 4 is 39.9 Å². The molecule has 6 nitrogen and oxygen atoms in total. The number of aryl methyl sites for hydroxylation is 1. The van der Waals surface area contributed by atoms with Gasteiger partial charge in [-0.25, -0.2) is 10.4 Å². The third-order valence-corrected chi connectivity index (χ3v) is 6.40. The average molecular weight is 401 g/mol. The highest BCUT2D eigenvalue weighted by molar-refractivity contribution is 7.18. The topological polar surface area (TPSA) is 70.7 Å². The van der Waals surface area contributed by atoms with Gasteiger partial charge in [-0.1, -0.05) is 17.4 Å². The Labute approximate surface area is 165 Å². The van der Waals surface area contributed by atoms with Crippen LogP contribution in [0.3, 0.4) is 0 Å². The predicted octanol–water partition coefficient (Wildman–Crippen LogP) is 4.53. The molecule has 3 aromatic rings. The van der Waals surface area contributed by atoms with Crippen molar-refractivity contribution in [3.63, 3.8) is 0 Å². The number of piperidine rings is 1. The lowest BCUT2D eigenvalue weighted by atomic mass is 10.1. The molecular weight excluding hydrogens is 380 g/mol. The van der Waals surface area contributed by atoms with Crippen LogP contribution in [0.1, 0.15) is 40.3 Å². The maximum Gasteiger partial charge on any atom is 0.274 e. The van der Waals surface area contributed by atoms with Crippen LogP contribution in [-0.4, -0.2) is 30.2 Å². The van der Waals surface area contributed by atoms with E-state index in [9.17, 15) is 4.79 Å². The molecule has 4 heterocycles. The molecule has 3 aromatic heterocycles. The molecule has 0 spiro atoms. The molecule has 140 valence electrons. The van der Waals surface area contributed by atoms with E-state index in [0.29, 0.717) is 11.3 Å². The molecule has 1 fully saturated rings. The van der Waals surface area contributed by atoms with Crippen molar-refractivity contribution in [3.05, 3.63) is 46.0 Å². The summed E-state index contributed by atoms with van der Waals surface area (Å²) in [5, 5.41) is 7.22. The number of carbonyl (C=O) groups excluding carboxylic acids is 1. The number of nitrogens with zero attached hydrogens (tertiary/aromatic N) is 3. The van der Waals surface area contributed by atoms with Gasteiger partial charge in [0.05, 0.1) is 27.8 Å². The van der Waals surface area contributed by atoms with Gasteiger partial charge in [0, 0.05) is 13.1 Å². The molecule has 1 aliphatic rings. The van der Waals surface area contributed by atoms with E-state index in [1.165, 1.54) is 25.5 Å². The molecule has 0 radical (unpaired) electrons. The Kier molecular flexibility index (Phi) is 5.35. The van der Waals surface area contributed by atoms with Crippen LogP contribution in [0.5, 0.6) is 0 Å². The number of aromatic nitrogens is 1. The first-order chi connectivity index (χ1) is 13.2. The van der Waals surface area contributed by atoms with Crippen molar-refractivity contribution < 1.29 is 9.21 Å². The molecule has 27 heavy (non-hydrogen) atoms. The zero-order valence-electron chi connectivity index (χ0n) is 15.0. The number of thiazole rings is 1. The molecule has 1 saturated heterocycles. The maximum absolute atomic E-state index is 12.2. The second kappa shape index (κ2) is 8.06. The van der Waals surface area contributed by atoms with Gasteiger partial charge < -0.3 is 9.32 Å². The number of nitrogens with one attached hydrogen (secondary N) is 1. The highest BCUT2D eigenvalue weighted by Crippen LogP contribution is 2.35. The lowest BCUT2D eigenvalue weighted by molar-refractivity contribution is 0.0953. The molecule has 4 rings (SSSR count). The number of hydrogen-bond donors (Lipinski definition) is 1. The van der Waals surface area contributed by atoms with Crippen molar-refractivity contribution in [2.24, 2.45) is 5.10 Å². The number of thiophene rings is 1. The van der Waals surface area contributed by atoms with Gasteiger partial charge in [0.1, 0.15) is 11.5 Å². The summed E-state index contributed by atoms with van der Waals surface area (Å²) < 4.78 is 5.16. The summed E-state index contributed by atoms with van der Waals surface area (Å²) in [6.07, 6.45) is 6.88. The van der Waals surface area contributed by atoms with Gasteiger partial charge in [0.2, 0.25) is 0 Å². The zero-order chi connectivity index (χ0) is 18.6. The Morgan fingerprint density at radius 3 is 2.89 bits per heavy atom. The van der Waals surface area contributed by atoms with E-state index in [2.05, 4.69) is 21.5 Å². The third kappa shape index (κ3) is 3.96. The van der Waals surface area contributed by atoms with Gasteiger partial charge in [-0.05, 0) is 43.7 Å². The summed E-state index contributed by atoms with van der Waals surface area (Å²) in [5.41, 5.74) is 3.99. The minimum absolute atomic E-state index is 0.282. The molecule has 0 aliphatic carbocycles. The number of carbonyl (C=O) groups is 1. The van der Waals surface area contributed by atoms with Crippen LogP contribution in [0.15, 0.2) is 39.4 Å². The molecule has 0 atom stereocenters. The van der Waals surface area contributed by atoms with Crippen molar-refractivity contribution in [3.8, 4) is 10.6 Å². The molecule has 0 saturated carbocycles. The molecule has 1 aliphatic heterocycles. The van der Waals surface area contributed by atoms with Crippen LogP contribution in [0.25, 0.3) is 10.6 Å². The van der Waals surface area contributed by atoms with Crippen LogP contribution in [0.2, 0.25) is 0 Å². The minimum Gasteiger partial charge on any atom is -0.469 e. The van der Waals surface area contributed by atoms with Crippen LogP contribution in [0.4, 0.5) is 5.13 Å². The fourth-order valence-corrected chi connectivity index (χ4v) is 4.84. The first-order valence-electron chi connectivity index (χ1n) is 8.89. The minimum atomic E-state index is -0.282. The summed E-state index contributed by atoms with van der Waals surface area (Å²) in [6.45, 7) is 3.84. The van der Waals surface area contributed by atoms with Gasteiger partial charge in [-0.2, -0.15) is 5.10 Å². The Morgan fingerprint density at radius 2 is 2.19 bits per heavy atom. The molecule has 1 N–H and O–H groups in total. The second-order valence-corrected chi connectivity index (χ2v) is 8.28. The summed E-state index contributed by atoms with van der Waals surface area (Å²) in [5.74, 6) is 0.295. The van der Waals surface area contributed by atoms with Crippen molar-refractivity contribution in [2.75, 3.05) is 18.0 Å². The summed E-state index contributed by atoms with van der Waals surface area (Å²) in [7, 11) is 0. The number of amides is 1. The van der Waals surface area contributed by atoms with Crippen molar-refractivity contribution in [1.29, 1.82) is 0 Å². The van der Waals surface area contributed by atoms with E-state index in [-0.39, 0.29) is 5.91 Å². The number of rotatable bonds is 5. The van der Waals surface area contributed by atoms with Crippen LogP contribution in [-0.2, 0) is 0 Å². The van der Waals surface area contributed by atoms with Crippen LogP contribution < -0.4 is 10.3 Å². The van der Waals surface area contributed by atoms with E-state index in [1.807, 2.05) is 11.4 Å². The largest absolute Gasteiger partial charge is 0.469 e. The lowest BCUT2D eigenvalue weighted by Crippen LogP contribution is -2.29. The van der Waals surface area contributed by atoms with Crippen LogP contribution >= 0.6 is 22.7 Å². The highest BCUT2D eigenvalue weighted by atomic mass is 32.1. The monoisotopic (exact) mass is 400 g/mol. The van der Waals surface area contributed by atoms with E-state index in [1.54, 1.807) is 41.9 Å². The number of hydrogen-bond acceptors (Lipinski definition) is 7. The van der Waals surface area contributed by atoms with E-state index in [4.69, 9.17) is 9.40 Å². The third-order valence-electron chi connectivity index (χ3n) is 4.47. The number of anilines is 1. The Morgan fingerprint density at radius 1 is 1.33 bits per heavy atom. The Bertz CT molecular complexity index is 937. The molecule has 0 bridgehead atoms. The normalized spacial score (nSPS) is 14.8. The van der Waals surface area contributed by atoms with Gasteiger partial charge in [-0.15, -0.1) is 11.3 Å². The summed E-state index contributed by atoms with van der Waals surface area (Å²) in [4.78, 5) is 21.4. The van der Waals surface area contributed by atoms with E-state index >= 15 is 0 Å². The Balaban J connectivity index is 1.56. The molecule has 1 amide bonds. The molecule has 0 aromatic carbocycles. The standard InChI is InChI=1S/C19H20N4O2S2/c1-13-14(7-10-25-13)18(24)22-20-12-16-17(15-6-5-11-26-15)21-19(27-16)23-8-3-2-4-9-23/h5-7,10-12H,2-4,8-9H2,1H3,(H,22,24). The smallest absolute Gasteiger partial charge is 0.274 e.